The fourth-order valence-electron chi connectivity index (χ4n) is 2.26. The molecule has 0 bridgehead atoms. The van der Waals surface area contributed by atoms with Crippen LogP contribution >= 0.6 is 0 Å². The summed E-state index contributed by atoms with van der Waals surface area (Å²) < 4.78 is 0. The van der Waals surface area contributed by atoms with E-state index in [1.807, 2.05) is 0 Å². The molecule has 2 aliphatic heterocycles. The Bertz CT molecular complexity index is 462. The van der Waals surface area contributed by atoms with Gasteiger partial charge in [0.1, 0.15) is 12.0 Å². The quantitative estimate of drug-likeness (QED) is 0.749. The summed E-state index contributed by atoms with van der Waals surface area (Å²) in [4.78, 5) is 2.29. The Morgan fingerprint density at radius 3 is 3.00 bits per heavy atom. The van der Waals surface area contributed by atoms with Crippen LogP contribution in [-0.2, 0) is 0 Å². The molecule has 3 rings (SSSR count). The summed E-state index contributed by atoms with van der Waals surface area (Å²) in [5.41, 5.74) is 2.44. The van der Waals surface area contributed by atoms with Gasteiger partial charge in [-0.15, -0.1) is 0 Å². The molecule has 0 aromatic heterocycles. The Kier molecular flexibility index (Phi) is 2.10. The highest BCUT2D eigenvalue weighted by Crippen LogP contribution is 2.36. The van der Waals surface area contributed by atoms with E-state index in [0.717, 1.165) is 12.4 Å². The van der Waals surface area contributed by atoms with Crippen molar-refractivity contribution in [2.24, 2.45) is 0 Å². The van der Waals surface area contributed by atoms with Crippen LogP contribution in [0, 0.1) is 0 Å². The van der Waals surface area contributed by atoms with Gasteiger partial charge in [-0.2, -0.15) is 0 Å². The number of nitrogens with one attached hydrogen (secondary N) is 2. The second-order valence-corrected chi connectivity index (χ2v) is 4.07. The minimum absolute atomic E-state index is 0.294. The van der Waals surface area contributed by atoms with Gasteiger partial charge in [-0.05, 0) is 25.1 Å². The number of rotatable bonds is 1. The third-order valence-corrected chi connectivity index (χ3v) is 2.97. The van der Waals surface area contributed by atoms with Crippen LogP contribution < -0.4 is 15.5 Å². The lowest BCUT2D eigenvalue weighted by molar-refractivity contribution is 0.729. The van der Waals surface area contributed by atoms with E-state index < -0.39 is 0 Å². The number of hydrogen-bond donors (Lipinski definition) is 2. The molecule has 1 atom stereocenters. The first-order valence-corrected chi connectivity index (χ1v) is 5.62. The number of benzene rings is 1. The molecule has 1 aromatic carbocycles. The van der Waals surface area contributed by atoms with Crippen molar-refractivity contribution in [3.8, 4) is 0 Å². The lowest BCUT2D eigenvalue weighted by Gasteiger charge is -2.28. The molecular formula is C13H15N3. The SMILES string of the molecule is CC1Nc2ccccc2N1C1=CC=CCN1. The van der Waals surface area contributed by atoms with Crippen molar-refractivity contribution < 1.29 is 0 Å². The Hall–Kier alpha value is -1.90. The molecule has 3 nitrogen and oxygen atoms in total. The number of fused-ring (bicyclic) bond motifs is 1. The number of para-hydroxylation sites is 2. The normalized spacial score (nSPS) is 22.2. The van der Waals surface area contributed by atoms with Crippen molar-refractivity contribution >= 4 is 11.4 Å². The molecule has 16 heavy (non-hydrogen) atoms. The first-order chi connectivity index (χ1) is 7.86. The predicted molar refractivity (Wildman–Crippen MR) is 67.2 cm³/mol. The van der Waals surface area contributed by atoms with Crippen molar-refractivity contribution in [1.82, 2.24) is 5.32 Å². The standard InChI is InChI=1S/C13H15N3/c1-10-15-11-6-2-3-7-12(11)16(10)13-8-4-5-9-14-13/h2-8,10,14-15H,9H2,1H3. The van der Waals surface area contributed by atoms with Crippen LogP contribution in [-0.4, -0.2) is 12.7 Å². The highest BCUT2D eigenvalue weighted by atomic mass is 15.4. The van der Waals surface area contributed by atoms with Crippen LogP contribution in [0.4, 0.5) is 11.4 Å². The number of anilines is 2. The van der Waals surface area contributed by atoms with Gasteiger partial charge in [0.15, 0.2) is 0 Å². The molecule has 0 saturated heterocycles. The molecule has 3 heteroatoms. The molecule has 0 spiro atoms. The van der Waals surface area contributed by atoms with Gasteiger partial charge in [0.05, 0.1) is 11.4 Å². The lowest BCUT2D eigenvalue weighted by atomic mass is 10.2. The molecule has 0 radical (unpaired) electrons. The molecule has 2 aliphatic rings. The van der Waals surface area contributed by atoms with Crippen molar-refractivity contribution in [2.75, 3.05) is 16.8 Å². The van der Waals surface area contributed by atoms with Crippen LogP contribution in [0.2, 0.25) is 0 Å². The molecule has 1 aromatic rings. The van der Waals surface area contributed by atoms with Gasteiger partial charge in [-0.3, -0.25) is 0 Å². The van der Waals surface area contributed by atoms with Crippen LogP contribution in [0.15, 0.2) is 48.3 Å². The van der Waals surface area contributed by atoms with Crippen LogP contribution in [0.5, 0.6) is 0 Å². The summed E-state index contributed by atoms with van der Waals surface area (Å²) in [6, 6.07) is 8.40. The van der Waals surface area contributed by atoms with Gasteiger partial charge in [-0.1, -0.05) is 24.3 Å². The largest absolute Gasteiger partial charge is 0.368 e. The maximum Gasteiger partial charge on any atom is 0.108 e. The molecule has 0 saturated carbocycles. The summed E-state index contributed by atoms with van der Waals surface area (Å²) in [5.74, 6) is 1.16. The average Bonchev–Trinajstić information content (AvgIpc) is 2.66. The average molecular weight is 213 g/mol. The van der Waals surface area contributed by atoms with Crippen molar-refractivity contribution in [2.45, 2.75) is 13.1 Å². The van der Waals surface area contributed by atoms with Gasteiger partial charge >= 0.3 is 0 Å². The molecule has 2 heterocycles. The minimum Gasteiger partial charge on any atom is -0.368 e. The lowest BCUT2D eigenvalue weighted by Crippen LogP contribution is -2.38. The van der Waals surface area contributed by atoms with E-state index in [9.17, 15) is 0 Å². The van der Waals surface area contributed by atoms with Gasteiger partial charge in [0, 0.05) is 6.54 Å². The second kappa shape index (κ2) is 3.59. The highest BCUT2D eigenvalue weighted by molar-refractivity contribution is 5.78. The van der Waals surface area contributed by atoms with Crippen LogP contribution in [0.1, 0.15) is 6.92 Å². The van der Waals surface area contributed by atoms with Gasteiger partial charge < -0.3 is 15.5 Å². The van der Waals surface area contributed by atoms with Crippen LogP contribution in [0.3, 0.4) is 0 Å². The second-order valence-electron chi connectivity index (χ2n) is 4.07. The van der Waals surface area contributed by atoms with Crippen molar-refractivity contribution in [1.29, 1.82) is 0 Å². The number of hydrogen-bond acceptors (Lipinski definition) is 3. The fraction of sp³-hybridized carbons (Fsp3) is 0.231. The zero-order chi connectivity index (χ0) is 11.0. The van der Waals surface area contributed by atoms with Crippen LogP contribution in [0.25, 0.3) is 0 Å². The third kappa shape index (κ3) is 1.36. The molecule has 0 aliphatic carbocycles. The fourth-order valence-corrected chi connectivity index (χ4v) is 2.26. The Morgan fingerprint density at radius 1 is 1.31 bits per heavy atom. The molecule has 1 unspecified atom stereocenters. The smallest absolute Gasteiger partial charge is 0.108 e. The van der Waals surface area contributed by atoms with Gasteiger partial charge in [0.25, 0.3) is 0 Å². The number of dihydropyridines is 1. The van der Waals surface area contributed by atoms with Gasteiger partial charge in [-0.25, -0.2) is 0 Å². The van der Waals surface area contributed by atoms with Gasteiger partial charge in [0.2, 0.25) is 0 Å². The van der Waals surface area contributed by atoms with E-state index in [1.54, 1.807) is 0 Å². The number of nitrogens with zero attached hydrogens (tertiary/aromatic N) is 1. The Morgan fingerprint density at radius 2 is 2.19 bits per heavy atom. The topological polar surface area (TPSA) is 27.3 Å². The third-order valence-electron chi connectivity index (χ3n) is 2.97. The molecule has 0 amide bonds. The van der Waals surface area contributed by atoms with E-state index in [2.05, 4.69) is 65.0 Å². The van der Waals surface area contributed by atoms with E-state index in [4.69, 9.17) is 0 Å². The zero-order valence-electron chi connectivity index (χ0n) is 9.27. The van der Waals surface area contributed by atoms with E-state index in [0.29, 0.717) is 6.17 Å². The summed E-state index contributed by atoms with van der Waals surface area (Å²) >= 11 is 0. The first-order valence-electron chi connectivity index (χ1n) is 5.62. The summed E-state index contributed by atoms with van der Waals surface area (Å²) in [7, 11) is 0. The summed E-state index contributed by atoms with van der Waals surface area (Å²) in [5, 5.41) is 6.86. The summed E-state index contributed by atoms with van der Waals surface area (Å²) in [6.45, 7) is 3.07. The maximum atomic E-state index is 3.47. The Balaban J connectivity index is 2.01. The van der Waals surface area contributed by atoms with E-state index >= 15 is 0 Å². The molecule has 0 fully saturated rings. The Labute approximate surface area is 95.5 Å². The summed E-state index contributed by atoms with van der Waals surface area (Å²) in [6.07, 6.45) is 6.62. The number of allylic oxidation sites excluding steroid dienone is 2. The molecule has 2 N–H and O–H groups in total. The zero-order valence-corrected chi connectivity index (χ0v) is 9.27. The molecule has 82 valence electrons. The van der Waals surface area contributed by atoms with E-state index in [1.165, 1.54) is 11.4 Å². The van der Waals surface area contributed by atoms with Crippen molar-refractivity contribution in [3.63, 3.8) is 0 Å². The van der Waals surface area contributed by atoms with E-state index in [-0.39, 0.29) is 0 Å². The van der Waals surface area contributed by atoms with Crippen molar-refractivity contribution in [3.05, 3.63) is 48.3 Å². The predicted octanol–water partition coefficient (Wildman–Crippen LogP) is 2.27. The minimum atomic E-state index is 0.294. The molecular weight excluding hydrogens is 198 g/mol. The monoisotopic (exact) mass is 213 g/mol. The maximum absolute atomic E-state index is 3.47. The first kappa shape index (κ1) is 9.33. The highest BCUT2D eigenvalue weighted by Gasteiger charge is 2.27.